The van der Waals surface area contributed by atoms with E-state index in [1.165, 1.54) is 13.3 Å². The summed E-state index contributed by atoms with van der Waals surface area (Å²) in [6, 6.07) is 9.15. The Morgan fingerprint density at radius 3 is 2.79 bits per heavy atom. The van der Waals surface area contributed by atoms with Crippen molar-refractivity contribution in [3.05, 3.63) is 47.2 Å². The van der Waals surface area contributed by atoms with Crippen LogP contribution in [0.3, 0.4) is 0 Å². The molecule has 0 amide bonds. The van der Waals surface area contributed by atoms with Crippen LogP contribution in [0, 0.1) is 29.1 Å². The van der Waals surface area contributed by atoms with Gasteiger partial charge in [0.15, 0.2) is 12.5 Å². The number of carbonyl (C=O) groups excluding carboxylic acids is 1. The molecule has 142 valence electrons. The first kappa shape index (κ1) is 19.4. The molecule has 6 nitrogen and oxygen atoms in total. The van der Waals surface area contributed by atoms with Crippen molar-refractivity contribution in [2.75, 3.05) is 20.5 Å². The molecule has 0 radical (unpaired) electrons. The number of pyridine rings is 1. The lowest BCUT2D eigenvalue weighted by molar-refractivity contribution is 0.0436. The Hall–Kier alpha value is -3.35. The smallest absolute Gasteiger partial charge is 0.342 e. The van der Waals surface area contributed by atoms with Gasteiger partial charge in [0.1, 0.15) is 11.6 Å². The van der Waals surface area contributed by atoms with E-state index in [1.54, 1.807) is 19.1 Å². The van der Waals surface area contributed by atoms with Gasteiger partial charge in [0.05, 0.1) is 24.1 Å². The largest absolute Gasteiger partial charge is 0.465 e. The molecular weight excluding hydrogens is 356 g/mol. The second kappa shape index (κ2) is 9.03. The summed E-state index contributed by atoms with van der Waals surface area (Å²) in [5.41, 5.74) is 2.66. The molecule has 28 heavy (non-hydrogen) atoms. The SMILES string of the molecule is CCOC(=O)c1cc(-c2ccc(C#CC3CC3)c(C#N)c2)ncc1OCOC. The molecule has 0 aliphatic heterocycles. The number of benzene rings is 1. The summed E-state index contributed by atoms with van der Waals surface area (Å²) in [5, 5.41) is 9.48. The summed E-state index contributed by atoms with van der Waals surface area (Å²) in [5.74, 6) is 6.47. The van der Waals surface area contributed by atoms with Crippen LogP contribution in [0.4, 0.5) is 0 Å². The Balaban J connectivity index is 1.96. The molecule has 1 aromatic carbocycles. The number of hydrogen-bond acceptors (Lipinski definition) is 6. The zero-order chi connectivity index (χ0) is 19.9. The van der Waals surface area contributed by atoms with Crippen molar-refractivity contribution in [2.45, 2.75) is 19.8 Å². The molecule has 0 N–H and O–H groups in total. The van der Waals surface area contributed by atoms with E-state index in [4.69, 9.17) is 14.2 Å². The maximum Gasteiger partial charge on any atom is 0.342 e. The molecule has 0 unspecified atom stereocenters. The Morgan fingerprint density at radius 2 is 2.11 bits per heavy atom. The first-order valence-corrected chi connectivity index (χ1v) is 9.01. The minimum Gasteiger partial charge on any atom is -0.465 e. The van der Waals surface area contributed by atoms with Crippen molar-refractivity contribution >= 4 is 5.97 Å². The minimum absolute atomic E-state index is 0.0135. The fourth-order valence-corrected chi connectivity index (χ4v) is 2.52. The van der Waals surface area contributed by atoms with Gasteiger partial charge < -0.3 is 14.2 Å². The van der Waals surface area contributed by atoms with Crippen LogP contribution in [-0.2, 0) is 9.47 Å². The number of ether oxygens (including phenoxy) is 3. The highest BCUT2D eigenvalue weighted by molar-refractivity contribution is 5.93. The van der Waals surface area contributed by atoms with Gasteiger partial charge in [0.2, 0.25) is 0 Å². The summed E-state index contributed by atoms with van der Waals surface area (Å²) in [4.78, 5) is 16.7. The Kier molecular flexibility index (Phi) is 6.26. The minimum atomic E-state index is -0.510. The van der Waals surface area contributed by atoms with Crippen molar-refractivity contribution in [1.29, 1.82) is 5.26 Å². The molecule has 0 spiro atoms. The zero-order valence-electron chi connectivity index (χ0n) is 15.8. The number of rotatable bonds is 6. The summed E-state index contributed by atoms with van der Waals surface area (Å²) in [6.45, 7) is 1.96. The van der Waals surface area contributed by atoms with Crippen LogP contribution in [0.15, 0.2) is 30.5 Å². The number of carbonyl (C=O) groups is 1. The van der Waals surface area contributed by atoms with Crippen molar-refractivity contribution < 1.29 is 19.0 Å². The van der Waals surface area contributed by atoms with Gasteiger partial charge in [-0.3, -0.25) is 4.98 Å². The van der Waals surface area contributed by atoms with E-state index < -0.39 is 5.97 Å². The molecule has 1 aliphatic carbocycles. The standard InChI is InChI=1S/C22H20N2O4/c1-3-27-22(25)19-11-20(24-13-21(19)28-14-26-2)17-9-8-16(18(10-17)12-23)7-6-15-4-5-15/h8-11,13,15H,3-5,14H2,1-2H3. The number of aromatic nitrogens is 1. The summed E-state index contributed by atoms with van der Waals surface area (Å²) < 4.78 is 15.4. The van der Waals surface area contributed by atoms with Crippen molar-refractivity contribution in [3.63, 3.8) is 0 Å². The predicted molar refractivity (Wildman–Crippen MR) is 102 cm³/mol. The second-order valence-corrected chi connectivity index (χ2v) is 6.25. The molecular formula is C22H20N2O4. The van der Waals surface area contributed by atoms with Gasteiger partial charge in [0, 0.05) is 24.2 Å². The van der Waals surface area contributed by atoms with Crippen LogP contribution in [0.1, 0.15) is 41.3 Å². The summed E-state index contributed by atoms with van der Waals surface area (Å²) >= 11 is 0. The maximum atomic E-state index is 12.3. The third-order valence-corrected chi connectivity index (χ3v) is 4.12. The Labute approximate surface area is 164 Å². The fourth-order valence-electron chi connectivity index (χ4n) is 2.52. The first-order valence-electron chi connectivity index (χ1n) is 9.01. The predicted octanol–water partition coefficient (Wildman–Crippen LogP) is 3.54. The molecule has 1 fully saturated rings. The lowest BCUT2D eigenvalue weighted by atomic mass is 10.0. The quantitative estimate of drug-likeness (QED) is 0.436. The summed E-state index contributed by atoms with van der Waals surface area (Å²) in [7, 11) is 1.49. The average Bonchev–Trinajstić information content (AvgIpc) is 3.55. The molecule has 1 aliphatic rings. The molecule has 3 rings (SSSR count). The van der Waals surface area contributed by atoms with E-state index in [1.807, 2.05) is 12.1 Å². The lowest BCUT2D eigenvalue weighted by Gasteiger charge is -2.11. The molecule has 1 aromatic heterocycles. The molecule has 1 saturated carbocycles. The van der Waals surface area contributed by atoms with Crippen LogP contribution >= 0.6 is 0 Å². The second-order valence-electron chi connectivity index (χ2n) is 6.25. The molecule has 1 heterocycles. The average molecular weight is 376 g/mol. The molecule has 6 heteroatoms. The maximum absolute atomic E-state index is 12.3. The van der Waals surface area contributed by atoms with Crippen LogP contribution in [0.2, 0.25) is 0 Å². The molecule has 0 atom stereocenters. The van der Waals surface area contributed by atoms with E-state index >= 15 is 0 Å². The number of nitriles is 1. The van der Waals surface area contributed by atoms with Gasteiger partial charge >= 0.3 is 5.97 Å². The van der Waals surface area contributed by atoms with Crippen molar-refractivity contribution in [1.82, 2.24) is 4.98 Å². The highest BCUT2D eigenvalue weighted by atomic mass is 16.7. The zero-order valence-corrected chi connectivity index (χ0v) is 15.8. The van der Waals surface area contributed by atoms with E-state index in [2.05, 4.69) is 22.9 Å². The number of esters is 1. The lowest BCUT2D eigenvalue weighted by Crippen LogP contribution is -2.10. The van der Waals surface area contributed by atoms with Gasteiger partial charge in [-0.2, -0.15) is 5.26 Å². The van der Waals surface area contributed by atoms with Gasteiger partial charge in [-0.25, -0.2) is 4.79 Å². The van der Waals surface area contributed by atoms with Gasteiger partial charge in [0.25, 0.3) is 0 Å². The number of nitrogens with zero attached hydrogens (tertiary/aromatic N) is 2. The van der Waals surface area contributed by atoms with Crippen LogP contribution in [0.5, 0.6) is 5.75 Å². The molecule has 2 aromatic rings. The Bertz CT molecular complexity index is 978. The monoisotopic (exact) mass is 376 g/mol. The van der Waals surface area contributed by atoms with Crippen molar-refractivity contribution in [3.8, 4) is 34.9 Å². The summed E-state index contributed by atoms with van der Waals surface area (Å²) in [6.07, 6.45) is 3.71. The van der Waals surface area contributed by atoms with Crippen LogP contribution < -0.4 is 4.74 Å². The molecule has 0 bridgehead atoms. The first-order chi connectivity index (χ1) is 13.7. The Morgan fingerprint density at radius 1 is 1.29 bits per heavy atom. The number of hydrogen-bond donors (Lipinski definition) is 0. The van der Waals surface area contributed by atoms with Gasteiger partial charge in [-0.05, 0) is 38.0 Å². The van der Waals surface area contributed by atoms with Crippen LogP contribution in [-0.4, -0.2) is 31.5 Å². The van der Waals surface area contributed by atoms with Gasteiger partial charge in [-0.15, -0.1) is 0 Å². The van der Waals surface area contributed by atoms with E-state index in [-0.39, 0.29) is 24.7 Å². The van der Waals surface area contributed by atoms with Gasteiger partial charge in [-0.1, -0.05) is 17.9 Å². The van der Waals surface area contributed by atoms with Crippen molar-refractivity contribution in [2.24, 2.45) is 5.92 Å². The number of methoxy groups -OCH3 is 1. The normalized spacial score (nSPS) is 12.5. The third kappa shape index (κ3) is 4.68. The van der Waals surface area contributed by atoms with E-state index in [0.717, 1.165) is 12.8 Å². The molecule has 0 saturated heterocycles. The third-order valence-electron chi connectivity index (χ3n) is 4.12. The highest BCUT2D eigenvalue weighted by Crippen LogP contribution is 2.29. The van der Waals surface area contributed by atoms with E-state index in [9.17, 15) is 10.1 Å². The fraction of sp³-hybridized carbons (Fsp3) is 0.318. The van der Waals surface area contributed by atoms with E-state index in [0.29, 0.717) is 28.3 Å². The topological polar surface area (TPSA) is 81.4 Å². The van der Waals surface area contributed by atoms with Crippen LogP contribution in [0.25, 0.3) is 11.3 Å². The highest BCUT2D eigenvalue weighted by Gasteiger charge is 2.19.